The summed E-state index contributed by atoms with van der Waals surface area (Å²) in [6, 6.07) is 0. The molecule has 0 spiro atoms. The number of hydrogen-bond donors (Lipinski definition) is 1. The first kappa shape index (κ1) is 31.4. The molecule has 0 aliphatic heterocycles. The average molecular weight is 455 g/mol. The van der Waals surface area contributed by atoms with E-state index in [-0.39, 0.29) is 0 Å². The summed E-state index contributed by atoms with van der Waals surface area (Å²) in [6.07, 6.45) is 36.2. The van der Waals surface area contributed by atoms with Crippen LogP contribution in [0.1, 0.15) is 181 Å². The number of thiol groups is 1. The fourth-order valence-electron chi connectivity index (χ4n) is 5.40. The van der Waals surface area contributed by atoms with Gasteiger partial charge in [-0.05, 0) is 43.3 Å². The molecular weight excluding hydrogens is 392 g/mol. The number of rotatable bonds is 26. The third kappa shape index (κ3) is 20.7. The third-order valence-electron chi connectivity index (χ3n) is 7.55. The van der Waals surface area contributed by atoms with E-state index in [1.165, 1.54) is 161 Å². The predicted molar refractivity (Wildman–Crippen MR) is 149 cm³/mol. The van der Waals surface area contributed by atoms with Crippen molar-refractivity contribution < 1.29 is 0 Å². The molecule has 0 radical (unpaired) electrons. The van der Waals surface area contributed by atoms with E-state index in [1.807, 2.05) is 0 Å². The zero-order chi connectivity index (χ0) is 22.9. The summed E-state index contributed by atoms with van der Waals surface area (Å²) >= 11 is 4.59. The Morgan fingerprint density at radius 2 is 0.613 bits per heavy atom. The van der Waals surface area contributed by atoms with Gasteiger partial charge in [-0.2, -0.15) is 12.6 Å². The summed E-state index contributed by atoms with van der Waals surface area (Å²) in [5.74, 6) is 1.08. The van der Waals surface area contributed by atoms with Gasteiger partial charge in [-0.25, -0.2) is 0 Å². The van der Waals surface area contributed by atoms with Crippen molar-refractivity contribution in [1.29, 1.82) is 0 Å². The number of unbranched alkanes of at least 4 members (excludes halogenated alkanes) is 17. The lowest BCUT2D eigenvalue weighted by atomic mass is 9.71. The molecule has 0 saturated heterocycles. The van der Waals surface area contributed by atoms with Gasteiger partial charge >= 0.3 is 0 Å². The molecular formula is C30H62S. The highest BCUT2D eigenvalue weighted by molar-refractivity contribution is 7.80. The van der Waals surface area contributed by atoms with E-state index < -0.39 is 0 Å². The minimum absolute atomic E-state index is 0.639. The molecule has 0 N–H and O–H groups in total. The maximum absolute atomic E-state index is 4.59. The van der Waals surface area contributed by atoms with Crippen molar-refractivity contribution in [2.75, 3.05) is 5.75 Å². The molecule has 0 nitrogen and oxygen atoms in total. The molecule has 0 aromatic heterocycles. The van der Waals surface area contributed by atoms with E-state index in [4.69, 9.17) is 0 Å². The van der Waals surface area contributed by atoms with Gasteiger partial charge in [-0.15, -0.1) is 0 Å². The van der Waals surface area contributed by atoms with Crippen LogP contribution in [0, 0.1) is 5.41 Å². The summed E-state index contributed by atoms with van der Waals surface area (Å²) in [5.41, 5.74) is 0.639. The lowest BCUT2D eigenvalue weighted by molar-refractivity contribution is 0.176. The first-order valence-corrected chi connectivity index (χ1v) is 15.5. The summed E-state index contributed by atoms with van der Waals surface area (Å²) in [5, 5.41) is 0. The van der Waals surface area contributed by atoms with Crippen molar-refractivity contribution in [2.45, 2.75) is 181 Å². The van der Waals surface area contributed by atoms with Crippen LogP contribution >= 0.6 is 12.6 Å². The van der Waals surface area contributed by atoms with Crippen LogP contribution in [0.3, 0.4) is 0 Å². The quantitative estimate of drug-likeness (QED) is 0.0974. The second-order valence-corrected chi connectivity index (χ2v) is 11.0. The summed E-state index contributed by atoms with van der Waals surface area (Å²) in [4.78, 5) is 0. The van der Waals surface area contributed by atoms with Gasteiger partial charge in [0, 0.05) is 0 Å². The van der Waals surface area contributed by atoms with Gasteiger partial charge < -0.3 is 0 Å². The first-order valence-electron chi connectivity index (χ1n) is 14.9. The van der Waals surface area contributed by atoms with Crippen molar-refractivity contribution in [1.82, 2.24) is 0 Å². The van der Waals surface area contributed by atoms with Crippen LogP contribution in [0.2, 0.25) is 0 Å². The van der Waals surface area contributed by atoms with Crippen LogP contribution in [0.15, 0.2) is 0 Å². The highest BCUT2D eigenvalue weighted by atomic mass is 32.1. The van der Waals surface area contributed by atoms with Crippen LogP contribution in [0.25, 0.3) is 0 Å². The molecule has 0 saturated carbocycles. The highest BCUT2D eigenvalue weighted by Crippen LogP contribution is 2.41. The Kier molecular flexibility index (Phi) is 25.3. The van der Waals surface area contributed by atoms with E-state index in [0.717, 1.165) is 5.75 Å². The molecule has 0 unspecified atom stereocenters. The Balaban J connectivity index is 4.49. The van der Waals surface area contributed by atoms with Crippen LogP contribution in [-0.4, -0.2) is 5.75 Å². The third-order valence-corrected chi connectivity index (χ3v) is 7.86. The first-order chi connectivity index (χ1) is 15.2. The molecule has 188 valence electrons. The molecule has 0 amide bonds. The van der Waals surface area contributed by atoms with Crippen molar-refractivity contribution in [3.63, 3.8) is 0 Å². The van der Waals surface area contributed by atoms with Gasteiger partial charge in [0.25, 0.3) is 0 Å². The molecule has 0 rings (SSSR count). The van der Waals surface area contributed by atoms with Gasteiger partial charge in [0.05, 0.1) is 0 Å². The topological polar surface area (TPSA) is 0 Å². The van der Waals surface area contributed by atoms with E-state index in [9.17, 15) is 0 Å². The largest absolute Gasteiger partial charge is 0.179 e. The standard InChI is InChI=1S/C30H62S/c1-4-7-10-13-16-17-20-23-27-30(28-24-29-31,25-21-18-14-11-8-5-2)26-22-19-15-12-9-6-3/h31H,4-29H2,1-3H3. The Hall–Kier alpha value is 0.350. The van der Waals surface area contributed by atoms with Gasteiger partial charge in [-0.3, -0.25) is 0 Å². The van der Waals surface area contributed by atoms with E-state index >= 15 is 0 Å². The molecule has 1 heteroatoms. The Bertz CT molecular complexity index is 308. The van der Waals surface area contributed by atoms with E-state index in [0.29, 0.717) is 5.41 Å². The monoisotopic (exact) mass is 454 g/mol. The lowest BCUT2D eigenvalue weighted by Crippen LogP contribution is -2.22. The fraction of sp³-hybridized carbons (Fsp3) is 1.00. The van der Waals surface area contributed by atoms with Crippen LogP contribution in [0.5, 0.6) is 0 Å². The fourth-order valence-corrected chi connectivity index (χ4v) is 5.56. The maximum atomic E-state index is 4.59. The van der Waals surface area contributed by atoms with Gasteiger partial charge in [0.1, 0.15) is 0 Å². The van der Waals surface area contributed by atoms with Gasteiger partial charge in [0.2, 0.25) is 0 Å². The normalized spacial score (nSPS) is 12.0. The molecule has 0 bridgehead atoms. The minimum Gasteiger partial charge on any atom is -0.179 e. The highest BCUT2D eigenvalue weighted by Gasteiger charge is 2.28. The van der Waals surface area contributed by atoms with Crippen LogP contribution < -0.4 is 0 Å². The Morgan fingerprint density at radius 3 is 0.903 bits per heavy atom. The SMILES string of the molecule is CCCCCCCCCCC(CCCS)(CCCCCCCC)CCCCCCCC. The second-order valence-electron chi connectivity index (χ2n) is 10.6. The minimum atomic E-state index is 0.639. The zero-order valence-electron chi connectivity index (χ0n) is 22.3. The van der Waals surface area contributed by atoms with Gasteiger partial charge in [0.15, 0.2) is 0 Å². The molecule has 0 aliphatic rings. The summed E-state index contributed by atoms with van der Waals surface area (Å²) in [6.45, 7) is 6.97. The number of hydrogen-bond acceptors (Lipinski definition) is 1. The molecule has 0 atom stereocenters. The van der Waals surface area contributed by atoms with Gasteiger partial charge in [-0.1, -0.05) is 149 Å². The summed E-state index contributed by atoms with van der Waals surface area (Å²) < 4.78 is 0. The predicted octanol–water partition coefficient (Wildman–Crippen LogP) is 11.7. The van der Waals surface area contributed by atoms with Crippen LogP contribution in [0.4, 0.5) is 0 Å². The molecule has 0 fully saturated rings. The Labute approximate surface area is 204 Å². The molecule has 31 heavy (non-hydrogen) atoms. The maximum Gasteiger partial charge on any atom is -0.00977 e. The van der Waals surface area contributed by atoms with Crippen molar-refractivity contribution in [3.8, 4) is 0 Å². The zero-order valence-corrected chi connectivity index (χ0v) is 23.2. The molecule has 0 heterocycles. The van der Waals surface area contributed by atoms with E-state index in [2.05, 4.69) is 33.4 Å². The van der Waals surface area contributed by atoms with Crippen molar-refractivity contribution in [2.24, 2.45) is 5.41 Å². The van der Waals surface area contributed by atoms with Crippen molar-refractivity contribution in [3.05, 3.63) is 0 Å². The summed E-state index contributed by atoms with van der Waals surface area (Å²) in [7, 11) is 0. The second kappa shape index (κ2) is 25.0. The molecule has 0 aliphatic carbocycles. The smallest absolute Gasteiger partial charge is 0.00977 e. The average Bonchev–Trinajstić information content (AvgIpc) is 2.78. The lowest BCUT2D eigenvalue weighted by Gasteiger charge is -2.35. The Morgan fingerprint density at radius 1 is 0.355 bits per heavy atom. The molecule has 0 aromatic rings. The molecule has 0 aromatic carbocycles. The van der Waals surface area contributed by atoms with Crippen molar-refractivity contribution >= 4 is 12.6 Å². The van der Waals surface area contributed by atoms with E-state index in [1.54, 1.807) is 0 Å². The van der Waals surface area contributed by atoms with Crippen LogP contribution in [-0.2, 0) is 0 Å².